The highest BCUT2D eigenvalue weighted by molar-refractivity contribution is 6.31. The first-order valence-electron chi connectivity index (χ1n) is 7.48. The van der Waals surface area contributed by atoms with Crippen LogP contribution in [0.25, 0.3) is 0 Å². The molecule has 0 aliphatic heterocycles. The van der Waals surface area contributed by atoms with Gasteiger partial charge in [-0.15, -0.1) is 0 Å². The number of halogens is 1. The van der Waals surface area contributed by atoms with Crippen molar-refractivity contribution in [1.29, 1.82) is 0 Å². The molecule has 5 nitrogen and oxygen atoms in total. The van der Waals surface area contributed by atoms with Gasteiger partial charge in [0.1, 0.15) is 5.75 Å². The smallest absolute Gasteiger partial charge is 0.255 e. The van der Waals surface area contributed by atoms with Gasteiger partial charge in [0.25, 0.3) is 5.91 Å². The Balaban J connectivity index is 1.95. The van der Waals surface area contributed by atoms with Crippen LogP contribution in [0.5, 0.6) is 5.75 Å². The van der Waals surface area contributed by atoms with Gasteiger partial charge in [0.2, 0.25) is 5.91 Å². The lowest BCUT2D eigenvalue weighted by atomic mass is 10.2. The lowest BCUT2D eigenvalue weighted by molar-refractivity contribution is -0.114. The van der Waals surface area contributed by atoms with Gasteiger partial charge in [-0.3, -0.25) is 9.59 Å². The second-order valence-electron chi connectivity index (χ2n) is 5.09. The molecule has 2 amide bonds. The number of amides is 2. The molecule has 0 aromatic heterocycles. The molecule has 0 saturated carbocycles. The molecule has 0 heterocycles. The van der Waals surface area contributed by atoms with Crippen LogP contribution in [0.3, 0.4) is 0 Å². The summed E-state index contributed by atoms with van der Waals surface area (Å²) in [5.41, 5.74) is 1.85. The third kappa shape index (κ3) is 5.55. The Morgan fingerprint density at radius 1 is 1.16 bits per heavy atom. The molecular formula is C19H17ClN2O3. The number of nitrogens with one attached hydrogen (secondary N) is 2. The molecule has 2 N–H and O–H groups in total. The van der Waals surface area contributed by atoms with Crippen LogP contribution in [0.2, 0.25) is 5.02 Å². The van der Waals surface area contributed by atoms with Crippen molar-refractivity contribution in [3.05, 3.63) is 58.6 Å². The molecule has 0 fully saturated rings. The summed E-state index contributed by atoms with van der Waals surface area (Å²) >= 11 is 5.91. The first-order valence-corrected chi connectivity index (χ1v) is 7.85. The zero-order valence-corrected chi connectivity index (χ0v) is 14.6. The zero-order valence-electron chi connectivity index (χ0n) is 13.9. The van der Waals surface area contributed by atoms with Crippen molar-refractivity contribution in [1.82, 2.24) is 5.32 Å². The van der Waals surface area contributed by atoms with Crippen molar-refractivity contribution >= 4 is 29.1 Å². The third-order valence-electron chi connectivity index (χ3n) is 3.18. The highest BCUT2D eigenvalue weighted by Gasteiger charge is 2.11. The van der Waals surface area contributed by atoms with E-state index in [0.29, 0.717) is 22.0 Å². The van der Waals surface area contributed by atoms with Gasteiger partial charge < -0.3 is 15.4 Å². The summed E-state index contributed by atoms with van der Waals surface area (Å²) in [6.07, 6.45) is 0. The Morgan fingerprint density at radius 3 is 2.52 bits per heavy atom. The number of rotatable bonds is 4. The highest BCUT2D eigenvalue weighted by atomic mass is 35.5. The van der Waals surface area contributed by atoms with Gasteiger partial charge in [-0.1, -0.05) is 23.4 Å². The quantitative estimate of drug-likeness (QED) is 0.827. The second-order valence-corrected chi connectivity index (χ2v) is 5.52. The van der Waals surface area contributed by atoms with Crippen LogP contribution in [0.4, 0.5) is 5.69 Å². The van der Waals surface area contributed by atoms with Gasteiger partial charge in [-0.05, 0) is 42.5 Å². The van der Waals surface area contributed by atoms with Crippen molar-refractivity contribution in [2.75, 3.05) is 19.0 Å². The van der Waals surface area contributed by atoms with Crippen LogP contribution < -0.4 is 15.4 Å². The maximum atomic E-state index is 12.2. The number of benzene rings is 2. The number of ether oxygens (including phenoxy) is 1. The standard InChI is InChI=1S/C19H17ClN2O3/c1-13(23)22-16-8-5-14(6-9-16)4-3-11-21-19(24)17-12-15(20)7-10-18(17)25-2/h5-10,12H,11H2,1-2H3,(H,21,24)(H,22,23). The van der Waals surface area contributed by atoms with Crippen LogP contribution in [0.15, 0.2) is 42.5 Å². The van der Waals surface area contributed by atoms with Crippen molar-refractivity contribution < 1.29 is 14.3 Å². The monoisotopic (exact) mass is 356 g/mol. The van der Waals surface area contributed by atoms with Gasteiger partial charge in [-0.2, -0.15) is 0 Å². The van der Waals surface area contributed by atoms with Crippen LogP contribution in [0, 0.1) is 11.8 Å². The fraction of sp³-hybridized carbons (Fsp3) is 0.158. The van der Waals surface area contributed by atoms with E-state index in [4.69, 9.17) is 16.3 Å². The van der Waals surface area contributed by atoms with Crippen LogP contribution in [-0.2, 0) is 4.79 Å². The molecule has 2 aromatic rings. The number of hydrogen-bond donors (Lipinski definition) is 2. The minimum Gasteiger partial charge on any atom is -0.496 e. The SMILES string of the molecule is COc1ccc(Cl)cc1C(=O)NCC#Cc1ccc(NC(C)=O)cc1. The normalized spacial score (nSPS) is 9.56. The summed E-state index contributed by atoms with van der Waals surface area (Å²) in [7, 11) is 1.49. The summed E-state index contributed by atoms with van der Waals surface area (Å²) in [5.74, 6) is 5.82. The van der Waals surface area contributed by atoms with Gasteiger partial charge in [-0.25, -0.2) is 0 Å². The minimum atomic E-state index is -0.311. The summed E-state index contributed by atoms with van der Waals surface area (Å²) in [4.78, 5) is 23.1. The molecule has 0 saturated heterocycles. The molecule has 0 radical (unpaired) electrons. The van der Waals surface area contributed by atoms with Gasteiger partial charge in [0.05, 0.1) is 19.2 Å². The van der Waals surface area contributed by atoms with Gasteiger partial charge in [0.15, 0.2) is 0 Å². The number of methoxy groups -OCH3 is 1. The number of carbonyl (C=O) groups is 2. The van der Waals surface area contributed by atoms with E-state index >= 15 is 0 Å². The second kappa shape index (κ2) is 8.76. The summed E-state index contributed by atoms with van der Waals surface area (Å²) < 4.78 is 5.15. The number of anilines is 1. The molecule has 0 aliphatic carbocycles. The maximum Gasteiger partial charge on any atom is 0.255 e. The molecule has 25 heavy (non-hydrogen) atoms. The van der Waals surface area contributed by atoms with E-state index in [9.17, 15) is 9.59 Å². The van der Waals surface area contributed by atoms with Gasteiger partial charge in [0, 0.05) is 23.2 Å². The topological polar surface area (TPSA) is 67.4 Å². The average Bonchev–Trinajstić information content (AvgIpc) is 2.59. The van der Waals surface area contributed by atoms with Crippen molar-refractivity contribution in [2.24, 2.45) is 0 Å². The third-order valence-corrected chi connectivity index (χ3v) is 3.42. The summed E-state index contributed by atoms with van der Waals surface area (Å²) in [5, 5.41) is 5.84. The van der Waals surface area contributed by atoms with Gasteiger partial charge >= 0.3 is 0 Å². The number of carbonyl (C=O) groups excluding carboxylic acids is 2. The first-order chi connectivity index (χ1) is 12.0. The first kappa shape index (κ1) is 18.4. The van der Waals surface area contributed by atoms with E-state index in [1.807, 2.05) is 0 Å². The molecular weight excluding hydrogens is 340 g/mol. The van der Waals surface area contributed by atoms with E-state index < -0.39 is 0 Å². The largest absolute Gasteiger partial charge is 0.496 e. The van der Waals surface area contributed by atoms with E-state index in [-0.39, 0.29) is 18.4 Å². The Kier molecular flexibility index (Phi) is 6.44. The Bertz CT molecular complexity index is 836. The molecule has 2 rings (SSSR count). The maximum absolute atomic E-state index is 12.2. The molecule has 128 valence electrons. The predicted molar refractivity (Wildman–Crippen MR) is 98.0 cm³/mol. The molecule has 0 spiro atoms. The fourth-order valence-corrected chi connectivity index (χ4v) is 2.24. The number of hydrogen-bond acceptors (Lipinski definition) is 3. The lowest BCUT2D eigenvalue weighted by Gasteiger charge is -2.08. The van der Waals surface area contributed by atoms with E-state index in [1.165, 1.54) is 14.0 Å². The molecule has 6 heteroatoms. The predicted octanol–water partition coefficient (Wildman–Crippen LogP) is 3.09. The van der Waals surface area contributed by atoms with Crippen molar-refractivity contribution in [2.45, 2.75) is 6.92 Å². The van der Waals surface area contributed by atoms with E-state index in [2.05, 4.69) is 22.5 Å². The molecule has 0 unspecified atom stereocenters. The summed E-state index contributed by atoms with van der Waals surface area (Å²) in [6, 6.07) is 12.0. The zero-order chi connectivity index (χ0) is 18.2. The Morgan fingerprint density at radius 2 is 1.88 bits per heavy atom. The molecule has 0 aliphatic rings. The van der Waals surface area contributed by atoms with E-state index in [1.54, 1.807) is 42.5 Å². The van der Waals surface area contributed by atoms with Crippen LogP contribution in [0.1, 0.15) is 22.8 Å². The van der Waals surface area contributed by atoms with Crippen molar-refractivity contribution in [3.8, 4) is 17.6 Å². The Hall–Kier alpha value is -2.97. The van der Waals surface area contributed by atoms with Crippen molar-refractivity contribution in [3.63, 3.8) is 0 Å². The molecule has 0 bridgehead atoms. The molecule has 0 atom stereocenters. The lowest BCUT2D eigenvalue weighted by Crippen LogP contribution is -2.24. The highest BCUT2D eigenvalue weighted by Crippen LogP contribution is 2.22. The van der Waals surface area contributed by atoms with Crippen LogP contribution in [-0.4, -0.2) is 25.5 Å². The minimum absolute atomic E-state index is 0.127. The average molecular weight is 357 g/mol. The fourth-order valence-electron chi connectivity index (χ4n) is 2.06. The molecule has 2 aromatic carbocycles. The summed E-state index contributed by atoms with van der Waals surface area (Å²) in [6.45, 7) is 1.63. The Labute approximate surface area is 151 Å². The van der Waals surface area contributed by atoms with E-state index in [0.717, 1.165) is 5.56 Å². The van der Waals surface area contributed by atoms with Crippen LogP contribution >= 0.6 is 11.6 Å².